The van der Waals surface area contributed by atoms with Crippen molar-refractivity contribution in [2.75, 3.05) is 47.6 Å². The van der Waals surface area contributed by atoms with Gasteiger partial charge in [0.25, 0.3) is 0 Å². The number of imidazole rings is 4. The van der Waals surface area contributed by atoms with Crippen molar-refractivity contribution in [2.45, 2.75) is 190 Å². The molecule has 0 aromatic carbocycles. The highest BCUT2D eigenvalue weighted by molar-refractivity contribution is 5.86. The second-order valence-corrected chi connectivity index (χ2v) is 22.6. The van der Waals surface area contributed by atoms with Crippen molar-refractivity contribution in [1.29, 1.82) is 0 Å². The van der Waals surface area contributed by atoms with Gasteiger partial charge in [0.2, 0.25) is 23.7 Å². The van der Waals surface area contributed by atoms with Gasteiger partial charge < -0.3 is 81.2 Å². The Kier molecular flexibility index (Phi) is 17.6. The first-order chi connectivity index (χ1) is 38.7. The van der Waals surface area contributed by atoms with Crippen LogP contribution in [0.3, 0.4) is 0 Å². The highest BCUT2D eigenvalue weighted by atomic mass is 16.3. The Morgan fingerprint density at radius 2 is 1.02 bits per heavy atom. The predicted molar refractivity (Wildman–Crippen MR) is 298 cm³/mol. The molecule has 0 radical (unpaired) electrons. The molecule has 0 spiro atoms. The Labute approximate surface area is 463 Å². The molecule has 6 atom stereocenters. The average Bonchev–Trinajstić information content (AvgIpc) is 4.35. The van der Waals surface area contributed by atoms with Gasteiger partial charge in [-0.15, -0.1) is 0 Å². The first kappa shape index (κ1) is 56.1. The number of anilines is 4. The second-order valence-electron chi connectivity index (χ2n) is 22.6. The smallest absolute Gasteiger partial charge is 0.315 e. The molecule has 0 unspecified atom stereocenters. The van der Waals surface area contributed by atoms with Crippen LogP contribution < -0.4 is 42.5 Å². The number of hydrogen-bond donors (Lipinski definition) is 12. The number of carbonyl (C=O) groups is 3. The van der Waals surface area contributed by atoms with Crippen molar-refractivity contribution >= 4 is 63.7 Å². The summed E-state index contributed by atoms with van der Waals surface area (Å²) in [5.74, 6) is 0.966. The van der Waals surface area contributed by atoms with Gasteiger partial charge in [-0.3, -0.25) is 9.59 Å². The number of aliphatic hydroxyl groups excluding tert-OH is 4. The van der Waals surface area contributed by atoms with E-state index in [1.807, 2.05) is 25.2 Å². The number of rotatable bonds is 22. The number of urea groups is 1. The third-order valence-electron chi connectivity index (χ3n) is 16.3. The van der Waals surface area contributed by atoms with Gasteiger partial charge in [-0.1, -0.05) is 0 Å². The van der Waals surface area contributed by atoms with Crippen LogP contribution in [0.5, 0.6) is 0 Å². The number of fused-ring (bicyclic) bond motifs is 2. The molecule has 432 valence electrons. The van der Waals surface area contributed by atoms with Gasteiger partial charge in [0.05, 0.1) is 48.8 Å². The number of aliphatic hydroxyl groups is 4. The molecule has 27 heteroatoms. The van der Waals surface area contributed by atoms with E-state index in [1.165, 1.54) is 0 Å². The lowest BCUT2D eigenvalue weighted by molar-refractivity contribution is -0.125. The monoisotopic (exact) mass is 1110 g/mol. The Hall–Kier alpha value is -7.23. The van der Waals surface area contributed by atoms with Crippen molar-refractivity contribution < 1.29 is 34.8 Å². The van der Waals surface area contributed by atoms with E-state index >= 15 is 0 Å². The lowest BCUT2D eigenvalue weighted by Crippen LogP contribution is -2.49. The molecule has 27 nitrogen and oxygen atoms in total. The Bertz CT molecular complexity index is 3070. The fourth-order valence-electron chi connectivity index (χ4n) is 11.7. The highest BCUT2D eigenvalue weighted by Gasteiger charge is 2.44. The molecular formula is C53H78N20O7. The zero-order valence-electron chi connectivity index (χ0n) is 46.0. The normalized spacial score (nSPS) is 25.1. The number of aromatic nitrogens is 12. The fourth-order valence-corrected chi connectivity index (χ4v) is 11.7. The van der Waals surface area contributed by atoms with Crippen LogP contribution >= 0.6 is 0 Å². The van der Waals surface area contributed by atoms with Gasteiger partial charge in [0, 0.05) is 86.7 Å². The van der Waals surface area contributed by atoms with E-state index in [0.29, 0.717) is 84.3 Å². The van der Waals surface area contributed by atoms with Crippen molar-refractivity contribution in [3.05, 3.63) is 49.1 Å². The van der Waals surface area contributed by atoms with Crippen molar-refractivity contribution in [3.8, 4) is 0 Å². The summed E-state index contributed by atoms with van der Waals surface area (Å²) >= 11 is 0. The fraction of sp³-hybridized carbons (Fsp3) is 0.642. The van der Waals surface area contributed by atoms with E-state index in [0.717, 1.165) is 75.6 Å². The number of hydrogen-bond acceptors (Lipinski definition) is 19. The summed E-state index contributed by atoms with van der Waals surface area (Å²) in [6, 6.07) is -0.897. The minimum Gasteiger partial charge on any atom is -0.388 e. The first-order valence-corrected chi connectivity index (χ1v) is 28.5. The molecule has 4 saturated carbocycles. The molecular weight excluding hydrogens is 1030 g/mol. The van der Waals surface area contributed by atoms with E-state index in [1.54, 1.807) is 10.9 Å². The van der Waals surface area contributed by atoms with Crippen molar-refractivity contribution in [3.63, 3.8) is 0 Å². The Morgan fingerprint density at radius 1 is 0.550 bits per heavy atom. The van der Waals surface area contributed by atoms with Crippen LogP contribution in [0.1, 0.15) is 140 Å². The van der Waals surface area contributed by atoms with Gasteiger partial charge in [-0.05, 0) is 105 Å². The van der Waals surface area contributed by atoms with E-state index in [-0.39, 0.29) is 60.7 Å². The molecule has 6 heterocycles. The molecule has 4 fully saturated rings. The quantitative estimate of drug-likeness (QED) is 0.0465. The number of nitrogens with one attached hydrogen (secondary N) is 8. The van der Waals surface area contributed by atoms with E-state index in [2.05, 4.69) is 100 Å². The van der Waals surface area contributed by atoms with Crippen LogP contribution in [0.2, 0.25) is 0 Å². The van der Waals surface area contributed by atoms with Crippen LogP contribution in [-0.4, -0.2) is 171 Å². The molecule has 6 aromatic rings. The van der Waals surface area contributed by atoms with Gasteiger partial charge in [0.1, 0.15) is 25.4 Å². The number of carbonyl (C=O) groups excluding carboxylic acids is 3. The maximum Gasteiger partial charge on any atom is 0.315 e. The summed E-state index contributed by atoms with van der Waals surface area (Å²) in [5, 5.41) is 66.8. The van der Waals surface area contributed by atoms with E-state index in [9.17, 15) is 34.8 Å². The Balaban J connectivity index is 0.735. The highest BCUT2D eigenvalue weighted by Crippen LogP contribution is 2.37. The standard InChI is InChI=1S/C53H78N20O7/c1-29(2)70-21-36(56-25-70)15-17-54-51-66-47(43-49(68-51)72(27-58-43)38-14-13-35(19-38)60-41(76)23-74)61-31-5-9-33(10-6-31)63-53(80)64-34-11-7-32(8-12-34)62-48-44-50(69-52(67-48)55-18-16-37-22-71(26-57-37)30(3)4)73(28-59-44)40-20-39(45(78)46(40)79)65-42(77)24-75/h21-22,25-35,38-40,45-46,74-75,78-79H,5-20,23-24H2,1-4H3,(H,60,76)(H,65,77)(H2,63,64,80)(H2,54,61,66,68)(H2,55,62,67,69)/t31?,32?,33?,34?,35-,38+,39+,40-,45-,46+/m1/s1. The molecule has 4 amide bonds. The van der Waals surface area contributed by atoms with Gasteiger partial charge >= 0.3 is 6.03 Å². The second kappa shape index (κ2) is 25.1. The zero-order valence-corrected chi connectivity index (χ0v) is 46.0. The third kappa shape index (κ3) is 13.2. The SMILES string of the molecule is CC(C)n1cnc(CCNc2nc(NC3CCC(NC(=O)NC4CCC(Nc5nc(NCCc6cn(C(C)C)cn6)nc6c5ncn6[C@@H]5C[C@H](NC(=O)CO)[C@@H](O)[C@H]5O)CC4)CC3)c3ncn([C@H]4CC[C@@H](NC(=O)CO)C4)c3n2)c1. The third-order valence-corrected chi connectivity index (χ3v) is 16.3. The zero-order chi connectivity index (χ0) is 56.0. The minimum atomic E-state index is -1.27. The molecule has 4 aliphatic carbocycles. The Morgan fingerprint density at radius 3 is 1.52 bits per heavy atom. The maximum atomic E-state index is 13.5. The number of nitrogens with zero attached hydrogens (tertiary/aromatic N) is 12. The molecule has 12 N–H and O–H groups in total. The molecule has 10 rings (SSSR count). The van der Waals surface area contributed by atoms with Crippen LogP contribution in [0.4, 0.5) is 28.3 Å². The van der Waals surface area contributed by atoms with Crippen LogP contribution in [0.15, 0.2) is 37.7 Å². The molecule has 0 saturated heterocycles. The van der Waals surface area contributed by atoms with Gasteiger partial charge in [-0.25, -0.2) is 24.7 Å². The summed E-state index contributed by atoms with van der Waals surface area (Å²) < 4.78 is 7.93. The molecule has 0 aliphatic heterocycles. The summed E-state index contributed by atoms with van der Waals surface area (Å²) in [7, 11) is 0. The van der Waals surface area contributed by atoms with Crippen molar-refractivity contribution in [2.24, 2.45) is 0 Å². The molecule has 6 aromatic heterocycles. The summed E-state index contributed by atoms with van der Waals surface area (Å²) in [4.78, 5) is 75.8. The van der Waals surface area contributed by atoms with Gasteiger partial charge in [0.15, 0.2) is 34.0 Å². The van der Waals surface area contributed by atoms with Crippen LogP contribution in [0.25, 0.3) is 22.3 Å². The van der Waals surface area contributed by atoms with E-state index < -0.39 is 43.4 Å². The van der Waals surface area contributed by atoms with Crippen LogP contribution in [-0.2, 0) is 22.4 Å². The molecule has 4 aliphatic rings. The lowest BCUT2D eigenvalue weighted by Gasteiger charge is -2.32. The summed E-state index contributed by atoms with van der Waals surface area (Å²) in [6.45, 7) is 8.24. The van der Waals surface area contributed by atoms with Crippen LogP contribution in [0, 0.1) is 0 Å². The summed E-state index contributed by atoms with van der Waals surface area (Å²) in [5.41, 5.74) is 4.20. The predicted octanol–water partition coefficient (Wildman–Crippen LogP) is 2.62. The maximum absolute atomic E-state index is 13.5. The van der Waals surface area contributed by atoms with Crippen molar-refractivity contribution in [1.82, 2.24) is 79.4 Å². The molecule has 0 bridgehead atoms. The largest absolute Gasteiger partial charge is 0.388 e. The van der Waals surface area contributed by atoms with E-state index in [4.69, 9.17) is 29.9 Å². The topological polar surface area (TPSA) is 351 Å². The average molecular weight is 1110 g/mol. The number of amides is 4. The molecule has 80 heavy (non-hydrogen) atoms. The lowest BCUT2D eigenvalue weighted by atomic mass is 9.90. The minimum absolute atomic E-state index is 0.00708. The summed E-state index contributed by atoms with van der Waals surface area (Å²) in [6.07, 6.45) is 18.6. The first-order valence-electron chi connectivity index (χ1n) is 28.5. The van der Waals surface area contributed by atoms with Gasteiger partial charge in [-0.2, -0.15) is 19.9 Å².